The van der Waals surface area contributed by atoms with Gasteiger partial charge in [-0.2, -0.15) is 0 Å². The van der Waals surface area contributed by atoms with Gasteiger partial charge in [0.05, 0.1) is 13.0 Å². The molecule has 0 aliphatic carbocycles. The van der Waals surface area contributed by atoms with Crippen LogP contribution in [0.1, 0.15) is 5.56 Å². The molecule has 0 saturated carbocycles. The summed E-state index contributed by atoms with van der Waals surface area (Å²) in [6.07, 6.45) is 0.0436. The molecule has 0 aromatic heterocycles. The predicted octanol–water partition coefficient (Wildman–Crippen LogP) is -0.441. The van der Waals surface area contributed by atoms with Crippen LogP contribution in [0, 0.1) is 5.82 Å². The lowest BCUT2D eigenvalue weighted by Gasteiger charge is -2.06. The quantitative estimate of drug-likeness (QED) is 0.642. The Labute approximate surface area is 105 Å². The van der Waals surface area contributed by atoms with Gasteiger partial charge in [0.15, 0.2) is 0 Å². The maximum Gasteiger partial charge on any atom is 0.239 e. The highest BCUT2D eigenvalue weighted by Gasteiger charge is 2.06. The van der Waals surface area contributed by atoms with Gasteiger partial charge in [-0.25, -0.2) is 4.39 Å². The highest BCUT2D eigenvalue weighted by atomic mass is 19.1. The number of hydrogen-bond acceptors (Lipinski definition) is 3. The van der Waals surface area contributed by atoms with Crippen LogP contribution in [0.15, 0.2) is 24.3 Å². The smallest absolute Gasteiger partial charge is 0.239 e. The largest absolute Gasteiger partial charge is 0.353 e. The van der Waals surface area contributed by atoms with Gasteiger partial charge in [-0.3, -0.25) is 9.59 Å². The van der Waals surface area contributed by atoms with E-state index >= 15 is 0 Å². The number of rotatable bonds is 6. The lowest BCUT2D eigenvalue weighted by Crippen LogP contribution is -2.39. The maximum atomic E-state index is 12.9. The molecule has 0 radical (unpaired) electrons. The molecule has 6 heteroatoms. The van der Waals surface area contributed by atoms with Gasteiger partial charge in [-0.05, 0) is 17.7 Å². The van der Waals surface area contributed by atoms with Crippen LogP contribution in [0.2, 0.25) is 0 Å². The lowest BCUT2D eigenvalue weighted by molar-refractivity contribution is -0.125. The molecule has 0 atom stereocenters. The van der Waals surface area contributed by atoms with E-state index in [0.29, 0.717) is 18.7 Å². The van der Waals surface area contributed by atoms with Crippen molar-refractivity contribution < 1.29 is 14.0 Å². The summed E-state index contributed by atoms with van der Waals surface area (Å²) in [6.45, 7) is 0.621. The molecule has 1 aromatic carbocycles. The van der Waals surface area contributed by atoms with Crippen LogP contribution in [-0.4, -0.2) is 31.4 Å². The van der Waals surface area contributed by atoms with Crippen molar-refractivity contribution in [3.05, 3.63) is 35.6 Å². The normalized spacial score (nSPS) is 9.89. The average Bonchev–Trinajstić information content (AvgIpc) is 2.34. The van der Waals surface area contributed by atoms with Gasteiger partial charge in [-0.15, -0.1) is 0 Å². The van der Waals surface area contributed by atoms with Gasteiger partial charge < -0.3 is 16.4 Å². The van der Waals surface area contributed by atoms with E-state index in [9.17, 15) is 14.0 Å². The summed E-state index contributed by atoms with van der Waals surface area (Å²) in [5.41, 5.74) is 5.78. The first-order valence-corrected chi connectivity index (χ1v) is 5.59. The zero-order valence-corrected chi connectivity index (χ0v) is 9.91. The third kappa shape index (κ3) is 5.40. The fourth-order valence-electron chi connectivity index (χ4n) is 1.35. The average molecular weight is 253 g/mol. The fourth-order valence-corrected chi connectivity index (χ4v) is 1.35. The molecule has 0 unspecified atom stereocenters. The molecule has 1 aromatic rings. The fraction of sp³-hybridized carbons (Fsp3) is 0.333. The van der Waals surface area contributed by atoms with Crippen LogP contribution in [-0.2, 0) is 16.0 Å². The van der Waals surface area contributed by atoms with Crippen molar-refractivity contribution in [2.24, 2.45) is 5.73 Å². The molecule has 0 saturated heterocycles. The molecule has 2 amide bonds. The number of amides is 2. The minimum Gasteiger partial charge on any atom is -0.353 e. The molecule has 5 nitrogen and oxygen atoms in total. The Kier molecular flexibility index (Phi) is 5.79. The second-order valence-corrected chi connectivity index (χ2v) is 3.72. The monoisotopic (exact) mass is 253 g/mol. The Hall–Kier alpha value is -1.95. The van der Waals surface area contributed by atoms with Gasteiger partial charge in [0.25, 0.3) is 0 Å². The molecule has 0 spiro atoms. The zero-order chi connectivity index (χ0) is 13.4. The van der Waals surface area contributed by atoms with Crippen molar-refractivity contribution in [3.63, 3.8) is 0 Å². The van der Waals surface area contributed by atoms with E-state index in [0.717, 1.165) is 0 Å². The Bertz CT molecular complexity index is 424. The molecule has 98 valence electrons. The summed E-state index contributed by atoms with van der Waals surface area (Å²) >= 11 is 0. The van der Waals surface area contributed by atoms with E-state index in [1.165, 1.54) is 18.2 Å². The number of carbonyl (C=O) groups excluding carboxylic acids is 2. The van der Waals surface area contributed by atoms with Crippen LogP contribution in [0.3, 0.4) is 0 Å². The lowest BCUT2D eigenvalue weighted by atomic mass is 10.1. The number of nitrogens with one attached hydrogen (secondary N) is 2. The van der Waals surface area contributed by atoms with Gasteiger partial charge in [0.1, 0.15) is 5.82 Å². The van der Waals surface area contributed by atoms with Crippen molar-refractivity contribution in [2.45, 2.75) is 6.42 Å². The van der Waals surface area contributed by atoms with Crippen LogP contribution in [0.25, 0.3) is 0 Å². The van der Waals surface area contributed by atoms with Gasteiger partial charge in [-0.1, -0.05) is 12.1 Å². The van der Waals surface area contributed by atoms with E-state index in [1.807, 2.05) is 0 Å². The summed E-state index contributed by atoms with van der Waals surface area (Å²) in [6, 6.07) is 5.78. The second-order valence-electron chi connectivity index (χ2n) is 3.72. The van der Waals surface area contributed by atoms with Crippen molar-refractivity contribution >= 4 is 11.8 Å². The van der Waals surface area contributed by atoms with E-state index < -0.39 is 0 Å². The standard InChI is InChI=1S/C12H16FN3O2/c13-10-3-1-2-9(6-10)7-11(17)16-8-12(18)15-5-4-14/h1-3,6H,4-5,7-8,14H2,(H,15,18)(H,16,17). The van der Waals surface area contributed by atoms with Crippen molar-refractivity contribution in [2.75, 3.05) is 19.6 Å². The van der Waals surface area contributed by atoms with E-state index in [2.05, 4.69) is 10.6 Å². The van der Waals surface area contributed by atoms with E-state index in [1.54, 1.807) is 6.07 Å². The number of halogens is 1. The minimum absolute atomic E-state index is 0.0436. The van der Waals surface area contributed by atoms with Crippen molar-refractivity contribution in [1.82, 2.24) is 10.6 Å². The zero-order valence-electron chi connectivity index (χ0n) is 9.91. The molecular formula is C12H16FN3O2. The summed E-state index contributed by atoms with van der Waals surface area (Å²) in [4.78, 5) is 22.6. The highest BCUT2D eigenvalue weighted by Crippen LogP contribution is 2.03. The van der Waals surface area contributed by atoms with E-state index in [-0.39, 0.29) is 30.6 Å². The first-order chi connectivity index (χ1) is 8.61. The van der Waals surface area contributed by atoms with Gasteiger partial charge >= 0.3 is 0 Å². The third-order valence-electron chi connectivity index (χ3n) is 2.17. The number of nitrogens with two attached hydrogens (primary N) is 1. The summed E-state index contributed by atoms with van der Waals surface area (Å²) in [5, 5.41) is 4.97. The third-order valence-corrected chi connectivity index (χ3v) is 2.17. The van der Waals surface area contributed by atoms with Crippen molar-refractivity contribution in [3.8, 4) is 0 Å². The SMILES string of the molecule is NCCNC(=O)CNC(=O)Cc1cccc(F)c1. The van der Waals surface area contributed by atoms with E-state index in [4.69, 9.17) is 5.73 Å². The Morgan fingerprint density at radius 3 is 2.67 bits per heavy atom. The molecule has 0 heterocycles. The Morgan fingerprint density at radius 2 is 2.00 bits per heavy atom. The Morgan fingerprint density at radius 1 is 1.22 bits per heavy atom. The molecule has 0 aliphatic rings. The number of carbonyl (C=O) groups is 2. The molecule has 4 N–H and O–H groups in total. The van der Waals surface area contributed by atoms with Gasteiger partial charge in [0.2, 0.25) is 11.8 Å². The second kappa shape index (κ2) is 7.39. The van der Waals surface area contributed by atoms with Crippen molar-refractivity contribution in [1.29, 1.82) is 0 Å². The molecular weight excluding hydrogens is 237 g/mol. The summed E-state index contributed by atoms with van der Waals surface area (Å²) < 4.78 is 12.9. The molecule has 0 fully saturated rings. The van der Waals surface area contributed by atoms with Crippen LogP contribution < -0.4 is 16.4 Å². The van der Waals surface area contributed by atoms with Gasteiger partial charge in [0, 0.05) is 13.1 Å². The summed E-state index contributed by atoms with van der Waals surface area (Å²) in [5.74, 6) is -1.02. The maximum absolute atomic E-state index is 12.9. The first kappa shape index (κ1) is 14.1. The van der Waals surface area contributed by atoms with Crippen LogP contribution >= 0.6 is 0 Å². The molecule has 0 aliphatic heterocycles. The number of benzene rings is 1. The predicted molar refractivity (Wildman–Crippen MR) is 65.2 cm³/mol. The molecule has 0 bridgehead atoms. The van der Waals surface area contributed by atoms with Crippen LogP contribution in [0.4, 0.5) is 4.39 Å². The molecule has 18 heavy (non-hydrogen) atoms. The highest BCUT2D eigenvalue weighted by molar-refractivity contribution is 5.85. The number of hydrogen-bond donors (Lipinski definition) is 3. The minimum atomic E-state index is -0.388. The Balaban J connectivity index is 2.31. The van der Waals surface area contributed by atoms with Crippen LogP contribution in [0.5, 0.6) is 0 Å². The summed E-state index contributed by atoms with van der Waals surface area (Å²) in [7, 11) is 0. The topological polar surface area (TPSA) is 84.2 Å². The first-order valence-electron chi connectivity index (χ1n) is 5.59. The molecule has 1 rings (SSSR count).